The van der Waals surface area contributed by atoms with Crippen LogP contribution in [0.1, 0.15) is 18.1 Å². The molecule has 0 aliphatic rings. The number of aryl methyl sites for hydroxylation is 1. The molecule has 0 unspecified atom stereocenters. The summed E-state index contributed by atoms with van der Waals surface area (Å²) in [6.45, 7) is 1.92. The minimum atomic E-state index is -4.36. The van der Waals surface area contributed by atoms with Crippen molar-refractivity contribution in [3.63, 3.8) is 0 Å². The lowest BCUT2D eigenvalue weighted by Crippen LogP contribution is -2.04. The van der Waals surface area contributed by atoms with Crippen molar-refractivity contribution < 1.29 is 13.2 Å². The molecular formula is C14H11ClF3N. The second-order valence-electron chi connectivity index (χ2n) is 4.09. The number of rotatable bonds is 2. The van der Waals surface area contributed by atoms with Crippen LogP contribution in [0.5, 0.6) is 0 Å². The van der Waals surface area contributed by atoms with Gasteiger partial charge < -0.3 is 0 Å². The molecule has 5 heteroatoms. The predicted octanol–water partition coefficient (Wildman–Crippen LogP) is 4.98. The van der Waals surface area contributed by atoms with E-state index in [4.69, 9.17) is 11.6 Å². The Hall–Kier alpha value is -1.55. The van der Waals surface area contributed by atoms with E-state index in [0.717, 1.165) is 17.7 Å². The Bertz CT molecular complexity index is 593. The zero-order chi connectivity index (χ0) is 14.0. The van der Waals surface area contributed by atoms with Crippen molar-refractivity contribution in [3.8, 4) is 11.1 Å². The molecule has 2 aromatic rings. The summed E-state index contributed by atoms with van der Waals surface area (Å²) in [6.07, 6.45) is -0.576. The third-order valence-electron chi connectivity index (χ3n) is 2.83. The quantitative estimate of drug-likeness (QED) is 0.758. The number of benzene rings is 1. The second kappa shape index (κ2) is 5.21. The van der Waals surface area contributed by atoms with E-state index in [9.17, 15) is 13.2 Å². The summed E-state index contributed by atoms with van der Waals surface area (Å²) in [6, 6.07) is 5.08. The van der Waals surface area contributed by atoms with E-state index in [0.29, 0.717) is 22.6 Å². The van der Waals surface area contributed by atoms with Gasteiger partial charge in [0.25, 0.3) is 0 Å². The number of aromatic nitrogens is 1. The predicted molar refractivity (Wildman–Crippen MR) is 69.1 cm³/mol. The van der Waals surface area contributed by atoms with Gasteiger partial charge in [-0.05, 0) is 29.7 Å². The van der Waals surface area contributed by atoms with Crippen LogP contribution in [0.2, 0.25) is 5.02 Å². The summed E-state index contributed by atoms with van der Waals surface area (Å²) >= 11 is 6.19. The number of nitrogens with zero attached hydrogens (tertiary/aromatic N) is 1. The molecule has 1 nitrogen and oxygen atoms in total. The number of pyridine rings is 1. The summed E-state index contributed by atoms with van der Waals surface area (Å²) in [4.78, 5) is 4.02. The molecule has 1 heterocycles. The largest absolute Gasteiger partial charge is 0.416 e. The highest BCUT2D eigenvalue weighted by Gasteiger charge is 2.30. The molecule has 0 aliphatic heterocycles. The van der Waals surface area contributed by atoms with E-state index in [1.54, 1.807) is 12.3 Å². The van der Waals surface area contributed by atoms with Gasteiger partial charge in [-0.15, -0.1) is 0 Å². The fourth-order valence-electron chi connectivity index (χ4n) is 1.80. The first-order chi connectivity index (χ1) is 8.93. The summed E-state index contributed by atoms with van der Waals surface area (Å²) in [5.74, 6) is 0. The van der Waals surface area contributed by atoms with Crippen molar-refractivity contribution in [2.75, 3.05) is 0 Å². The molecule has 100 valence electrons. The van der Waals surface area contributed by atoms with Gasteiger partial charge in [0.1, 0.15) is 0 Å². The van der Waals surface area contributed by atoms with Crippen LogP contribution in [0.4, 0.5) is 13.2 Å². The van der Waals surface area contributed by atoms with Crippen molar-refractivity contribution in [1.29, 1.82) is 0 Å². The van der Waals surface area contributed by atoms with E-state index in [2.05, 4.69) is 4.98 Å². The Morgan fingerprint density at radius 3 is 2.58 bits per heavy atom. The van der Waals surface area contributed by atoms with Gasteiger partial charge in [-0.3, -0.25) is 4.98 Å². The van der Waals surface area contributed by atoms with Crippen LogP contribution >= 0.6 is 11.6 Å². The van der Waals surface area contributed by atoms with Crippen LogP contribution in [0, 0.1) is 0 Å². The first kappa shape index (κ1) is 13.9. The molecule has 19 heavy (non-hydrogen) atoms. The summed E-state index contributed by atoms with van der Waals surface area (Å²) in [5.41, 5.74) is 1.06. The van der Waals surface area contributed by atoms with Crippen LogP contribution < -0.4 is 0 Å². The van der Waals surface area contributed by atoms with E-state index >= 15 is 0 Å². The molecule has 0 aliphatic carbocycles. The van der Waals surface area contributed by atoms with Gasteiger partial charge in [0.15, 0.2) is 0 Å². The minimum Gasteiger partial charge on any atom is -0.264 e. The lowest BCUT2D eigenvalue weighted by molar-refractivity contribution is -0.137. The Kier molecular flexibility index (Phi) is 3.80. The Morgan fingerprint density at radius 1 is 1.21 bits per heavy atom. The van der Waals surface area contributed by atoms with E-state index in [1.807, 2.05) is 6.92 Å². The average molecular weight is 286 g/mol. The molecule has 1 aromatic carbocycles. The Labute approximate surface area is 114 Å². The van der Waals surface area contributed by atoms with Crippen molar-refractivity contribution >= 4 is 11.6 Å². The lowest BCUT2D eigenvalue weighted by Gasteiger charge is -2.11. The minimum absolute atomic E-state index is 0.419. The van der Waals surface area contributed by atoms with E-state index < -0.39 is 11.7 Å². The molecule has 2 rings (SSSR count). The maximum Gasteiger partial charge on any atom is 0.416 e. The molecule has 0 spiro atoms. The van der Waals surface area contributed by atoms with Crippen LogP contribution in [0.3, 0.4) is 0 Å². The lowest BCUT2D eigenvalue weighted by atomic mass is 10.0. The standard InChI is InChI=1S/C14H11ClF3N/c1-2-9-7-19-8-12(13(9)15)10-4-3-5-11(6-10)14(16,17)18/h3-8H,2H2,1H3. The van der Waals surface area contributed by atoms with Crippen LogP contribution in [-0.4, -0.2) is 4.98 Å². The summed E-state index contributed by atoms with van der Waals surface area (Å²) in [5, 5.41) is 0.455. The van der Waals surface area contributed by atoms with E-state index in [1.165, 1.54) is 12.3 Å². The summed E-state index contributed by atoms with van der Waals surface area (Å²) < 4.78 is 38.0. The fourth-order valence-corrected chi connectivity index (χ4v) is 2.14. The van der Waals surface area contributed by atoms with Gasteiger partial charge in [-0.1, -0.05) is 30.7 Å². The SMILES string of the molecule is CCc1cncc(-c2cccc(C(F)(F)F)c2)c1Cl. The highest BCUT2D eigenvalue weighted by Crippen LogP contribution is 2.35. The van der Waals surface area contributed by atoms with Crippen LogP contribution in [-0.2, 0) is 12.6 Å². The maximum atomic E-state index is 12.7. The van der Waals surface area contributed by atoms with Crippen LogP contribution in [0.25, 0.3) is 11.1 Å². The molecule has 1 aromatic heterocycles. The zero-order valence-electron chi connectivity index (χ0n) is 10.1. The molecule has 0 fully saturated rings. The monoisotopic (exact) mass is 285 g/mol. The number of alkyl halides is 3. The van der Waals surface area contributed by atoms with Crippen molar-refractivity contribution in [2.45, 2.75) is 19.5 Å². The summed E-state index contributed by atoms with van der Waals surface area (Å²) in [7, 11) is 0. The molecule has 0 amide bonds. The first-order valence-electron chi connectivity index (χ1n) is 5.73. The average Bonchev–Trinajstić information content (AvgIpc) is 2.38. The normalized spacial score (nSPS) is 11.6. The molecule has 0 N–H and O–H groups in total. The van der Waals surface area contributed by atoms with Crippen molar-refractivity contribution in [3.05, 3.63) is 52.8 Å². The number of halogens is 4. The fraction of sp³-hybridized carbons (Fsp3) is 0.214. The zero-order valence-corrected chi connectivity index (χ0v) is 10.9. The molecular weight excluding hydrogens is 275 g/mol. The van der Waals surface area contributed by atoms with Gasteiger partial charge >= 0.3 is 6.18 Å². The Balaban J connectivity index is 2.54. The molecule has 0 saturated heterocycles. The van der Waals surface area contributed by atoms with Crippen molar-refractivity contribution in [1.82, 2.24) is 4.98 Å². The second-order valence-corrected chi connectivity index (χ2v) is 4.47. The topological polar surface area (TPSA) is 12.9 Å². The highest BCUT2D eigenvalue weighted by molar-refractivity contribution is 6.34. The smallest absolute Gasteiger partial charge is 0.264 e. The number of hydrogen-bond acceptors (Lipinski definition) is 1. The molecule has 0 bridgehead atoms. The molecule has 0 saturated carbocycles. The third kappa shape index (κ3) is 2.89. The first-order valence-corrected chi connectivity index (χ1v) is 6.11. The third-order valence-corrected chi connectivity index (χ3v) is 3.28. The maximum absolute atomic E-state index is 12.7. The molecule has 0 radical (unpaired) electrons. The van der Waals surface area contributed by atoms with Gasteiger partial charge in [-0.25, -0.2) is 0 Å². The van der Waals surface area contributed by atoms with Gasteiger partial charge in [-0.2, -0.15) is 13.2 Å². The Morgan fingerprint density at radius 2 is 1.95 bits per heavy atom. The molecule has 0 atom stereocenters. The highest BCUT2D eigenvalue weighted by atomic mass is 35.5. The van der Waals surface area contributed by atoms with Crippen LogP contribution in [0.15, 0.2) is 36.7 Å². The van der Waals surface area contributed by atoms with Crippen molar-refractivity contribution in [2.24, 2.45) is 0 Å². The number of hydrogen-bond donors (Lipinski definition) is 0. The van der Waals surface area contributed by atoms with Gasteiger partial charge in [0, 0.05) is 18.0 Å². The van der Waals surface area contributed by atoms with Gasteiger partial charge in [0.05, 0.1) is 10.6 Å². The van der Waals surface area contributed by atoms with Gasteiger partial charge in [0.2, 0.25) is 0 Å². The van der Waals surface area contributed by atoms with E-state index in [-0.39, 0.29) is 0 Å².